The number of carbonyl (C=O) groups is 1. The summed E-state index contributed by atoms with van der Waals surface area (Å²) >= 11 is 0. The molecular formula is C20H22N10O. The Morgan fingerprint density at radius 3 is 2.74 bits per heavy atom. The van der Waals surface area contributed by atoms with E-state index in [9.17, 15) is 4.79 Å². The van der Waals surface area contributed by atoms with E-state index in [2.05, 4.69) is 54.3 Å². The minimum Gasteiger partial charge on any atom is -0.357 e. The Morgan fingerprint density at radius 2 is 2.06 bits per heavy atom. The molecule has 4 heterocycles. The molecule has 0 saturated carbocycles. The number of hydrogen-bond acceptors (Lipinski definition) is 8. The molecule has 0 aliphatic heterocycles. The number of aliphatic imine (C=N–C) groups is 1. The van der Waals surface area contributed by atoms with Crippen molar-refractivity contribution in [2.75, 3.05) is 23.3 Å². The molecule has 1 amide bonds. The van der Waals surface area contributed by atoms with Crippen LogP contribution in [0.3, 0.4) is 0 Å². The summed E-state index contributed by atoms with van der Waals surface area (Å²) in [6, 6.07) is 3.94. The first-order valence-corrected chi connectivity index (χ1v) is 9.86. The zero-order valence-electron chi connectivity index (χ0n) is 17.4. The van der Waals surface area contributed by atoms with Crippen LogP contribution >= 0.6 is 0 Å². The van der Waals surface area contributed by atoms with Crippen molar-refractivity contribution in [2.24, 2.45) is 4.99 Å². The van der Waals surface area contributed by atoms with Gasteiger partial charge in [0.2, 0.25) is 17.9 Å². The van der Waals surface area contributed by atoms with Crippen molar-refractivity contribution in [3.63, 3.8) is 0 Å². The first kappa shape index (κ1) is 20.1. The summed E-state index contributed by atoms with van der Waals surface area (Å²) in [5.74, 6) is 1.41. The van der Waals surface area contributed by atoms with Crippen LogP contribution in [0.15, 0.2) is 35.7 Å². The molecule has 0 spiro atoms. The second-order valence-electron chi connectivity index (χ2n) is 6.66. The van der Waals surface area contributed by atoms with Crippen LogP contribution in [0.1, 0.15) is 25.2 Å². The number of carbonyl (C=O) groups excluding carboxylic acids is 1. The van der Waals surface area contributed by atoms with Gasteiger partial charge in [0, 0.05) is 25.5 Å². The van der Waals surface area contributed by atoms with Crippen LogP contribution in [0, 0.1) is 6.92 Å². The van der Waals surface area contributed by atoms with Crippen molar-refractivity contribution in [3.05, 3.63) is 42.1 Å². The van der Waals surface area contributed by atoms with Crippen LogP contribution < -0.4 is 10.2 Å². The standard InChI is InChI=1S/C20H22N10O/c1-4-29(5-2)17-7-6-14(13(3)24-17)25-18-15(10-22-12-31)28-30-19(26-27-20(18)30)16-11-21-8-9-23-16/h6-12,25,28H,4-5H2,1-3H3. The molecule has 4 aromatic heterocycles. The van der Waals surface area contributed by atoms with Gasteiger partial charge in [-0.25, -0.2) is 19.5 Å². The van der Waals surface area contributed by atoms with Crippen LogP contribution in [0.2, 0.25) is 0 Å². The van der Waals surface area contributed by atoms with E-state index in [1.165, 1.54) is 6.21 Å². The van der Waals surface area contributed by atoms with E-state index < -0.39 is 0 Å². The van der Waals surface area contributed by atoms with E-state index >= 15 is 0 Å². The molecule has 11 nitrogen and oxygen atoms in total. The number of H-pyrrole nitrogens is 1. The molecule has 4 rings (SSSR count). The lowest BCUT2D eigenvalue weighted by molar-refractivity contribution is -0.106. The van der Waals surface area contributed by atoms with Gasteiger partial charge in [0.05, 0.1) is 23.8 Å². The zero-order chi connectivity index (χ0) is 21.8. The lowest BCUT2D eigenvalue weighted by Gasteiger charge is -2.21. The summed E-state index contributed by atoms with van der Waals surface area (Å²) in [7, 11) is 0. The van der Waals surface area contributed by atoms with Crippen molar-refractivity contribution >= 4 is 35.5 Å². The lowest BCUT2D eigenvalue weighted by Crippen LogP contribution is -2.23. The number of fused-ring (bicyclic) bond motifs is 1. The summed E-state index contributed by atoms with van der Waals surface area (Å²) in [4.78, 5) is 29.8. The quantitative estimate of drug-likeness (QED) is 0.330. The van der Waals surface area contributed by atoms with Gasteiger partial charge in [-0.2, -0.15) is 0 Å². The summed E-state index contributed by atoms with van der Waals surface area (Å²) in [6.07, 6.45) is 6.67. The minimum absolute atomic E-state index is 0.473. The predicted octanol–water partition coefficient (Wildman–Crippen LogP) is 2.38. The maximum absolute atomic E-state index is 10.8. The molecule has 0 bridgehead atoms. The van der Waals surface area contributed by atoms with Gasteiger partial charge in [-0.3, -0.25) is 14.9 Å². The second-order valence-corrected chi connectivity index (χ2v) is 6.66. The molecule has 2 N–H and O–H groups in total. The molecule has 0 radical (unpaired) electrons. The Hall–Kier alpha value is -4.15. The normalized spacial score (nSPS) is 11.3. The van der Waals surface area contributed by atoms with Gasteiger partial charge in [-0.1, -0.05) is 0 Å². The molecular weight excluding hydrogens is 396 g/mol. The number of pyridine rings is 1. The maximum Gasteiger partial charge on any atom is 0.232 e. The van der Waals surface area contributed by atoms with Crippen molar-refractivity contribution in [1.29, 1.82) is 0 Å². The van der Waals surface area contributed by atoms with Gasteiger partial charge in [0.15, 0.2) is 0 Å². The molecule has 0 aliphatic carbocycles. The van der Waals surface area contributed by atoms with Crippen LogP contribution in [0.25, 0.3) is 17.2 Å². The summed E-state index contributed by atoms with van der Waals surface area (Å²) in [5.41, 5.74) is 3.91. The van der Waals surface area contributed by atoms with Crippen LogP contribution in [-0.2, 0) is 4.79 Å². The highest BCUT2D eigenvalue weighted by molar-refractivity contribution is 5.95. The number of rotatable bonds is 8. The molecule has 0 atom stereocenters. The highest BCUT2D eigenvalue weighted by Crippen LogP contribution is 2.29. The Bertz CT molecular complexity index is 1220. The van der Waals surface area contributed by atoms with Gasteiger partial charge in [0.25, 0.3) is 0 Å². The van der Waals surface area contributed by atoms with E-state index in [1.54, 1.807) is 23.1 Å². The van der Waals surface area contributed by atoms with Gasteiger partial charge < -0.3 is 10.2 Å². The Labute approximate surface area is 178 Å². The molecule has 158 valence electrons. The molecule has 31 heavy (non-hydrogen) atoms. The summed E-state index contributed by atoms with van der Waals surface area (Å²) < 4.78 is 1.67. The van der Waals surface area contributed by atoms with Gasteiger partial charge in [-0.15, -0.1) is 10.2 Å². The lowest BCUT2D eigenvalue weighted by atomic mass is 10.2. The second kappa shape index (κ2) is 8.69. The fourth-order valence-electron chi connectivity index (χ4n) is 3.29. The highest BCUT2D eigenvalue weighted by Gasteiger charge is 2.19. The Balaban J connectivity index is 1.77. The van der Waals surface area contributed by atoms with Crippen LogP contribution in [0.5, 0.6) is 0 Å². The van der Waals surface area contributed by atoms with Gasteiger partial charge >= 0.3 is 0 Å². The molecule has 11 heteroatoms. The third-order valence-corrected chi connectivity index (χ3v) is 4.86. The molecule has 0 saturated heterocycles. The van der Waals surface area contributed by atoms with Crippen molar-refractivity contribution in [1.82, 2.24) is 34.8 Å². The van der Waals surface area contributed by atoms with E-state index in [0.29, 0.717) is 35.0 Å². The molecule has 0 fully saturated rings. The minimum atomic E-state index is 0.473. The Morgan fingerprint density at radius 1 is 1.23 bits per heavy atom. The monoisotopic (exact) mass is 418 g/mol. The summed E-state index contributed by atoms with van der Waals surface area (Å²) in [5, 5.41) is 15.0. The zero-order valence-corrected chi connectivity index (χ0v) is 17.4. The van der Waals surface area contributed by atoms with Gasteiger partial charge in [0.1, 0.15) is 22.9 Å². The van der Waals surface area contributed by atoms with E-state index in [-0.39, 0.29) is 0 Å². The number of anilines is 3. The predicted molar refractivity (Wildman–Crippen MR) is 118 cm³/mol. The van der Waals surface area contributed by atoms with Crippen molar-refractivity contribution in [2.45, 2.75) is 20.8 Å². The number of nitrogens with zero attached hydrogens (tertiary/aromatic N) is 8. The maximum atomic E-state index is 10.8. The molecule has 0 unspecified atom stereocenters. The number of hydrogen-bond donors (Lipinski definition) is 2. The number of aromatic amines is 1. The third kappa shape index (κ3) is 3.84. The SMILES string of the molecule is CCN(CC)c1ccc(Nc2c(C=NC=O)[nH]n3c(-c4cnccn4)nnc23)c(C)n1. The number of aryl methyl sites for hydroxylation is 1. The smallest absolute Gasteiger partial charge is 0.232 e. The van der Waals surface area contributed by atoms with Crippen LogP contribution in [0.4, 0.5) is 17.2 Å². The molecule has 0 aromatic carbocycles. The fourth-order valence-corrected chi connectivity index (χ4v) is 3.29. The molecule has 0 aliphatic rings. The average molecular weight is 418 g/mol. The van der Waals surface area contributed by atoms with Gasteiger partial charge in [-0.05, 0) is 32.9 Å². The highest BCUT2D eigenvalue weighted by atomic mass is 16.1. The first-order valence-electron chi connectivity index (χ1n) is 9.86. The topological polar surface area (TPSA) is 129 Å². The summed E-state index contributed by atoms with van der Waals surface area (Å²) in [6.45, 7) is 7.90. The van der Waals surface area contributed by atoms with Crippen molar-refractivity contribution < 1.29 is 4.79 Å². The fraction of sp³-hybridized carbons (Fsp3) is 0.250. The largest absolute Gasteiger partial charge is 0.357 e. The number of amides is 1. The number of aromatic nitrogens is 7. The van der Waals surface area contributed by atoms with E-state index in [4.69, 9.17) is 4.98 Å². The first-order chi connectivity index (χ1) is 15.2. The number of nitrogens with one attached hydrogen (secondary N) is 2. The Kier molecular flexibility index (Phi) is 5.65. The third-order valence-electron chi connectivity index (χ3n) is 4.86. The molecule has 4 aromatic rings. The van der Waals surface area contributed by atoms with Crippen LogP contribution in [-0.4, -0.2) is 60.5 Å². The van der Waals surface area contributed by atoms with E-state index in [1.807, 2.05) is 19.1 Å². The van der Waals surface area contributed by atoms with E-state index in [0.717, 1.165) is 30.3 Å². The van der Waals surface area contributed by atoms with Crippen molar-refractivity contribution in [3.8, 4) is 11.5 Å². The average Bonchev–Trinajstić information content (AvgIpc) is 3.35.